The molecule has 106 valence electrons. The van der Waals surface area contributed by atoms with Crippen LogP contribution in [0.15, 0.2) is 0 Å². The van der Waals surface area contributed by atoms with Crippen LogP contribution >= 0.6 is 0 Å². The van der Waals surface area contributed by atoms with Crippen LogP contribution in [-0.4, -0.2) is 66.7 Å². The summed E-state index contributed by atoms with van der Waals surface area (Å²) in [5, 5.41) is 0. The third-order valence-electron chi connectivity index (χ3n) is 3.29. The van der Waals surface area contributed by atoms with E-state index in [1.165, 1.54) is 0 Å². The van der Waals surface area contributed by atoms with Gasteiger partial charge in [0, 0.05) is 32.2 Å². The van der Waals surface area contributed by atoms with Gasteiger partial charge in [0.15, 0.2) is 0 Å². The Kier molecular flexibility index (Phi) is 6.05. The molecule has 2 atom stereocenters. The van der Waals surface area contributed by atoms with Crippen molar-refractivity contribution >= 4 is 5.91 Å². The number of morpholine rings is 1. The van der Waals surface area contributed by atoms with Crippen LogP contribution in [0.3, 0.4) is 0 Å². The summed E-state index contributed by atoms with van der Waals surface area (Å²) in [5.74, 6) is -0.257. The molecule has 1 heterocycles. The maximum absolute atomic E-state index is 11.0. The minimum absolute atomic E-state index is 0.257. The van der Waals surface area contributed by atoms with Gasteiger partial charge in [-0.25, -0.2) is 0 Å². The van der Waals surface area contributed by atoms with E-state index in [9.17, 15) is 4.79 Å². The van der Waals surface area contributed by atoms with Crippen molar-refractivity contribution in [2.24, 2.45) is 5.73 Å². The Balaban J connectivity index is 2.39. The van der Waals surface area contributed by atoms with E-state index in [4.69, 9.17) is 10.5 Å². The molecule has 1 fully saturated rings. The molecule has 5 heteroatoms. The number of hydrogen-bond donors (Lipinski definition) is 1. The molecule has 1 rings (SSSR count). The maximum atomic E-state index is 11.0. The SMILES string of the molecule is CC(C)N(CCN1C[C@@H](C)O[C@@H](C)C1)CC(N)=O. The first-order valence-electron chi connectivity index (χ1n) is 6.78. The van der Waals surface area contributed by atoms with Crippen LogP contribution in [0.2, 0.25) is 0 Å². The summed E-state index contributed by atoms with van der Waals surface area (Å²) in [4.78, 5) is 15.5. The molecule has 1 saturated heterocycles. The predicted molar refractivity (Wildman–Crippen MR) is 72.4 cm³/mol. The fourth-order valence-electron chi connectivity index (χ4n) is 2.46. The second-order valence-electron chi connectivity index (χ2n) is 5.55. The molecule has 2 N–H and O–H groups in total. The highest BCUT2D eigenvalue weighted by molar-refractivity contribution is 5.75. The van der Waals surface area contributed by atoms with Crippen LogP contribution in [0.5, 0.6) is 0 Å². The second-order valence-corrected chi connectivity index (χ2v) is 5.55. The fraction of sp³-hybridized carbons (Fsp3) is 0.923. The van der Waals surface area contributed by atoms with Crippen molar-refractivity contribution in [2.45, 2.75) is 45.9 Å². The van der Waals surface area contributed by atoms with E-state index < -0.39 is 0 Å². The zero-order valence-electron chi connectivity index (χ0n) is 12.1. The van der Waals surface area contributed by atoms with Crippen molar-refractivity contribution < 1.29 is 9.53 Å². The van der Waals surface area contributed by atoms with Crippen molar-refractivity contribution in [3.63, 3.8) is 0 Å². The van der Waals surface area contributed by atoms with Crippen molar-refractivity contribution in [2.75, 3.05) is 32.7 Å². The van der Waals surface area contributed by atoms with Crippen LogP contribution in [-0.2, 0) is 9.53 Å². The van der Waals surface area contributed by atoms with E-state index in [1.807, 2.05) is 0 Å². The molecule has 5 nitrogen and oxygen atoms in total. The fourth-order valence-corrected chi connectivity index (χ4v) is 2.46. The molecule has 0 saturated carbocycles. The highest BCUT2D eigenvalue weighted by Crippen LogP contribution is 2.10. The Morgan fingerprint density at radius 2 is 1.94 bits per heavy atom. The molecule has 0 aliphatic carbocycles. The zero-order valence-corrected chi connectivity index (χ0v) is 12.1. The van der Waals surface area contributed by atoms with Crippen LogP contribution in [0.4, 0.5) is 0 Å². The number of amides is 1. The maximum Gasteiger partial charge on any atom is 0.231 e. The van der Waals surface area contributed by atoms with E-state index in [-0.39, 0.29) is 18.1 Å². The molecule has 0 aromatic heterocycles. The van der Waals surface area contributed by atoms with Crippen LogP contribution in [0, 0.1) is 0 Å². The van der Waals surface area contributed by atoms with Gasteiger partial charge in [-0.05, 0) is 27.7 Å². The normalized spacial score (nSPS) is 25.9. The lowest BCUT2D eigenvalue weighted by atomic mass is 10.2. The van der Waals surface area contributed by atoms with Gasteiger partial charge in [0.1, 0.15) is 0 Å². The van der Waals surface area contributed by atoms with E-state index >= 15 is 0 Å². The highest BCUT2D eigenvalue weighted by atomic mass is 16.5. The number of carbonyl (C=O) groups excluding carboxylic acids is 1. The van der Waals surface area contributed by atoms with Gasteiger partial charge in [0.05, 0.1) is 18.8 Å². The molecule has 0 aromatic carbocycles. The summed E-state index contributed by atoms with van der Waals surface area (Å²) in [6, 6.07) is 0.341. The summed E-state index contributed by atoms with van der Waals surface area (Å²) in [6.45, 7) is 12.5. The number of hydrogen-bond acceptors (Lipinski definition) is 4. The number of ether oxygens (including phenoxy) is 1. The summed E-state index contributed by atoms with van der Waals surface area (Å²) >= 11 is 0. The molecule has 0 spiro atoms. The number of carbonyl (C=O) groups is 1. The minimum Gasteiger partial charge on any atom is -0.373 e. The summed E-state index contributed by atoms with van der Waals surface area (Å²) in [7, 11) is 0. The van der Waals surface area contributed by atoms with Gasteiger partial charge in [0.2, 0.25) is 5.91 Å². The van der Waals surface area contributed by atoms with Crippen molar-refractivity contribution in [3.05, 3.63) is 0 Å². The monoisotopic (exact) mass is 257 g/mol. The number of primary amides is 1. The van der Waals surface area contributed by atoms with E-state index in [0.717, 1.165) is 26.2 Å². The Hall–Kier alpha value is -0.650. The third-order valence-corrected chi connectivity index (χ3v) is 3.29. The quantitative estimate of drug-likeness (QED) is 0.743. The molecule has 0 bridgehead atoms. The van der Waals surface area contributed by atoms with Gasteiger partial charge in [-0.2, -0.15) is 0 Å². The highest BCUT2D eigenvalue weighted by Gasteiger charge is 2.22. The Labute approximate surface area is 110 Å². The third kappa shape index (κ3) is 5.33. The smallest absolute Gasteiger partial charge is 0.231 e. The molecule has 1 aliphatic rings. The standard InChI is InChI=1S/C13H27N3O2/c1-10(2)16(9-13(14)17)6-5-15-7-11(3)18-12(4)8-15/h10-12H,5-9H2,1-4H3,(H2,14,17)/t11-,12+. The molecular formula is C13H27N3O2. The molecule has 1 amide bonds. The van der Waals surface area contributed by atoms with Crippen LogP contribution < -0.4 is 5.73 Å². The minimum atomic E-state index is -0.257. The van der Waals surface area contributed by atoms with Gasteiger partial charge in [-0.1, -0.05) is 0 Å². The average molecular weight is 257 g/mol. The van der Waals surface area contributed by atoms with Crippen molar-refractivity contribution in [1.29, 1.82) is 0 Å². The topological polar surface area (TPSA) is 58.8 Å². The summed E-state index contributed by atoms with van der Waals surface area (Å²) in [6.07, 6.45) is 0.579. The van der Waals surface area contributed by atoms with Gasteiger partial charge in [-0.3, -0.25) is 14.6 Å². The largest absolute Gasteiger partial charge is 0.373 e. The molecule has 0 unspecified atom stereocenters. The lowest BCUT2D eigenvalue weighted by Gasteiger charge is -2.37. The predicted octanol–water partition coefficient (Wildman–Crippen LogP) is 0.291. The van der Waals surface area contributed by atoms with Gasteiger partial charge >= 0.3 is 0 Å². The Morgan fingerprint density at radius 3 is 2.39 bits per heavy atom. The molecular weight excluding hydrogens is 230 g/mol. The molecule has 0 radical (unpaired) electrons. The Morgan fingerprint density at radius 1 is 1.39 bits per heavy atom. The number of nitrogens with zero attached hydrogens (tertiary/aromatic N) is 2. The molecule has 18 heavy (non-hydrogen) atoms. The van der Waals surface area contributed by atoms with E-state index in [2.05, 4.69) is 37.5 Å². The number of nitrogens with two attached hydrogens (primary N) is 1. The Bertz CT molecular complexity index is 261. The van der Waals surface area contributed by atoms with Gasteiger partial charge in [-0.15, -0.1) is 0 Å². The second kappa shape index (κ2) is 7.07. The summed E-state index contributed by atoms with van der Waals surface area (Å²) < 4.78 is 5.71. The van der Waals surface area contributed by atoms with E-state index in [0.29, 0.717) is 12.6 Å². The number of rotatable bonds is 6. The van der Waals surface area contributed by atoms with Crippen LogP contribution in [0.1, 0.15) is 27.7 Å². The first-order chi connectivity index (χ1) is 8.38. The average Bonchev–Trinajstić information content (AvgIpc) is 2.21. The molecule has 1 aliphatic heterocycles. The zero-order chi connectivity index (χ0) is 13.7. The first-order valence-corrected chi connectivity index (χ1v) is 6.78. The van der Waals surface area contributed by atoms with E-state index in [1.54, 1.807) is 0 Å². The van der Waals surface area contributed by atoms with Crippen molar-refractivity contribution in [3.8, 4) is 0 Å². The van der Waals surface area contributed by atoms with Gasteiger partial charge in [0.25, 0.3) is 0 Å². The van der Waals surface area contributed by atoms with Gasteiger partial charge < -0.3 is 10.5 Å². The van der Waals surface area contributed by atoms with Crippen molar-refractivity contribution in [1.82, 2.24) is 9.80 Å². The lowest BCUT2D eigenvalue weighted by Crippen LogP contribution is -2.49. The lowest BCUT2D eigenvalue weighted by molar-refractivity contribution is -0.119. The first kappa shape index (κ1) is 15.4. The molecule has 0 aromatic rings. The van der Waals surface area contributed by atoms with Crippen LogP contribution in [0.25, 0.3) is 0 Å². The summed E-state index contributed by atoms with van der Waals surface area (Å²) in [5.41, 5.74) is 5.27.